The Balaban J connectivity index is 2.26. The number of benzene rings is 1. The highest BCUT2D eigenvalue weighted by atomic mass is 16.2. The number of rotatable bonds is 12. The number of nitrogens with zero attached hydrogens (tertiary/aromatic N) is 3. The van der Waals surface area contributed by atoms with Gasteiger partial charge >= 0.3 is 0 Å². The molecule has 1 atom stereocenters. The number of carbonyl (C=O) groups is 2. The Kier molecular flexibility index (Phi) is 10.3. The number of unbranched alkanes of at least 4 members (excludes halogenated alkanes) is 2. The van der Waals surface area contributed by atoms with Crippen LogP contribution in [0.4, 0.5) is 5.82 Å². The smallest absolute Gasteiger partial charge is 0.245 e. The number of aryl methyl sites for hydroxylation is 1. The summed E-state index contributed by atoms with van der Waals surface area (Å²) in [6.45, 7) is 15.3. The van der Waals surface area contributed by atoms with Gasteiger partial charge in [-0.15, -0.1) is 0 Å². The van der Waals surface area contributed by atoms with Crippen LogP contribution in [0.2, 0.25) is 0 Å². The van der Waals surface area contributed by atoms with Gasteiger partial charge in [0.25, 0.3) is 0 Å². The van der Waals surface area contributed by atoms with Gasteiger partial charge in [-0.25, -0.2) is 4.68 Å². The highest BCUT2D eigenvalue weighted by Gasteiger charge is 2.26. The number of aromatic nitrogens is 2. The minimum atomic E-state index is -0.191. The molecule has 0 saturated carbocycles. The zero-order valence-electron chi connectivity index (χ0n) is 22.3. The lowest BCUT2D eigenvalue weighted by Crippen LogP contribution is -2.42. The molecule has 1 heterocycles. The van der Waals surface area contributed by atoms with Crippen molar-refractivity contribution in [3.8, 4) is 5.69 Å². The molecular formula is C28H44N4O2. The zero-order valence-corrected chi connectivity index (χ0v) is 22.3. The number of amides is 2. The first-order valence-electron chi connectivity index (χ1n) is 12.9. The van der Waals surface area contributed by atoms with Crippen LogP contribution in [0.3, 0.4) is 0 Å². The van der Waals surface area contributed by atoms with Crippen molar-refractivity contribution >= 4 is 17.6 Å². The first-order valence-corrected chi connectivity index (χ1v) is 12.9. The molecule has 1 unspecified atom stereocenters. The standard InChI is InChI=1S/C28H44N4O2/c1-8-11-13-22(10-3)27(34)31(18-12-9-2)20-26(33)29-25-19-24(28(5,6)7)30-32(25)23-16-14-21(4)15-17-23/h14-17,19,22H,8-13,18,20H2,1-7H3,(H,29,33). The highest BCUT2D eigenvalue weighted by Crippen LogP contribution is 2.26. The van der Waals surface area contributed by atoms with Crippen molar-refractivity contribution in [2.45, 2.75) is 92.4 Å². The van der Waals surface area contributed by atoms with E-state index in [0.717, 1.165) is 55.5 Å². The van der Waals surface area contributed by atoms with Gasteiger partial charge in [-0.1, -0.05) is 78.5 Å². The van der Waals surface area contributed by atoms with E-state index in [1.807, 2.05) is 37.3 Å². The van der Waals surface area contributed by atoms with E-state index in [2.05, 4.69) is 46.9 Å². The summed E-state index contributed by atoms with van der Waals surface area (Å²) in [6, 6.07) is 10.0. The van der Waals surface area contributed by atoms with Gasteiger partial charge < -0.3 is 10.2 Å². The van der Waals surface area contributed by atoms with Gasteiger partial charge in [0.1, 0.15) is 5.82 Å². The molecule has 0 bridgehead atoms. The SMILES string of the molecule is CCCCC(CC)C(=O)N(CCCC)CC(=O)Nc1cc(C(C)(C)C)nn1-c1ccc(C)cc1. The van der Waals surface area contributed by atoms with Crippen molar-refractivity contribution in [3.63, 3.8) is 0 Å². The van der Waals surface area contributed by atoms with Crippen LogP contribution in [0.15, 0.2) is 30.3 Å². The highest BCUT2D eigenvalue weighted by molar-refractivity contribution is 5.94. The van der Waals surface area contributed by atoms with E-state index >= 15 is 0 Å². The van der Waals surface area contributed by atoms with Gasteiger partial charge in [0.05, 0.1) is 17.9 Å². The van der Waals surface area contributed by atoms with E-state index in [0.29, 0.717) is 12.4 Å². The van der Waals surface area contributed by atoms with Crippen LogP contribution < -0.4 is 5.32 Å². The van der Waals surface area contributed by atoms with Gasteiger partial charge in [0.2, 0.25) is 11.8 Å². The molecule has 6 nitrogen and oxygen atoms in total. The normalized spacial score (nSPS) is 12.4. The Morgan fingerprint density at radius 1 is 1.06 bits per heavy atom. The molecule has 0 saturated heterocycles. The van der Waals surface area contributed by atoms with Crippen molar-refractivity contribution in [3.05, 3.63) is 41.6 Å². The number of anilines is 1. The average Bonchev–Trinajstić information content (AvgIpc) is 3.21. The maximum absolute atomic E-state index is 13.3. The van der Waals surface area contributed by atoms with Gasteiger partial charge in [0.15, 0.2) is 0 Å². The molecule has 0 aliphatic carbocycles. The van der Waals surface area contributed by atoms with Crippen LogP contribution in [0, 0.1) is 12.8 Å². The van der Waals surface area contributed by atoms with Crippen molar-refractivity contribution in [2.24, 2.45) is 5.92 Å². The summed E-state index contributed by atoms with van der Waals surface area (Å²) >= 11 is 0. The minimum absolute atomic E-state index is 0.0183. The molecule has 34 heavy (non-hydrogen) atoms. The topological polar surface area (TPSA) is 67.2 Å². The second-order valence-corrected chi connectivity index (χ2v) is 10.3. The lowest BCUT2D eigenvalue weighted by molar-refractivity contribution is -0.138. The molecule has 1 N–H and O–H groups in total. The molecule has 0 aliphatic rings. The summed E-state index contributed by atoms with van der Waals surface area (Å²) in [5.74, 6) is 0.514. The Morgan fingerprint density at radius 2 is 1.71 bits per heavy atom. The van der Waals surface area contributed by atoms with E-state index in [1.165, 1.54) is 0 Å². The summed E-state index contributed by atoms with van der Waals surface area (Å²) in [5.41, 5.74) is 2.79. The van der Waals surface area contributed by atoms with Crippen LogP contribution in [-0.4, -0.2) is 39.6 Å². The lowest BCUT2D eigenvalue weighted by atomic mass is 9.92. The van der Waals surface area contributed by atoms with Crippen molar-refractivity contribution in [1.82, 2.24) is 14.7 Å². The molecule has 0 spiro atoms. The lowest BCUT2D eigenvalue weighted by Gasteiger charge is -2.26. The van der Waals surface area contributed by atoms with E-state index in [4.69, 9.17) is 5.10 Å². The number of carbonyl (C=O) groups excluding carboxylic acids is 2. The number of nitrogens with one attached hydrogen (secondary N) is 1. The monoisotopic (exact) mass is 468 g/mol. The third-order valence-corrected chi connectivity index (χ3v) is 6.20. The first kappa shape index (κ1) is 27.6. The van der Waals surface area contributed by atoms with E-state index < -0.39 is 0 Å². The maximum Gasteiger partial charge on any atom is 0.245 e. The van der Waals surface area contributed by atoms with Crippen LogP contribution in [0.1, 0.15) is 91.3 Å². The molecule has 6 heteroatoms. The maximum atomic E-state index is 13.3. The third kappa shape index (κ3) is 7.71. The molecule has 0 aliphatic heterocycles. The molecular weight excluding hydrogens is 424 g/mol. The average molecular weight is 469 g/mol. The molecule has 2 rings (SSSR count). The molecule has 188 valence electrons. The van der Waals surface area contributed by atoms with Gasteiger partial charge in [0, 0.05) is 23.9 Å². The second-order valence-electron chi connectivity index (χ2n) is 10.3. The summed E-state index contributed by atoms with van der Waals surface area (Å²) in [5, 5.41) is 7.84. The number of hydrogen-bond donors (Lipinski definition) is 1. The Morgan fingerprint density at radius 3 is 2.26 bits per heavy atom. The summed E-state index contributed by atoms with van der Waals surface area (Å²) < 4.78 is 1.78. The summed E-state index contributed by atoms with van der Waals surface area (Å²) in [7, 11) is 0. The molecule has 1 aromatic carbocycles. The fraction of sp³-hybridized carbons (Fsp3) is 0.607. The Hall–Kier alpha value is -2.63. The van der Waals surface area contributed by atoms with Crippen molar-refractivity contribution < 1.29 is 9.59 Å². The van der Waals surface area contributed by atoms with Crippen molar-refractivity contribution in [1.29, 1.82) is 0 Å². The Bertz CT molecular complexity index is 925. The van der Waals surface area contributed by atoms with Crippen LogP contribution in [0.5, 0.6) is 0 Å². The van der Waals surface area contributed by atoms with E-state index in [1.54, 1.807) is 9.58 Å². The predicted molar refractivity (Wildman–Crippen MR) is 140 cm³/mol. The third-order valence-electron chi connectivity index (χ3n) is 6.20. The molecule has 0 fully saturated rings. The van der Waals surface area contributed by atoms with Crippen LogP contribution in [0.25, 0.3) is 5.69 Å². The predicted octanol–water partition coefficient (Wildman–Crippen LogP) is 6.26. The van der Waals surface area contributed by atoms with Gasteiger partial charge in [-0.05, 0) is 38.3 Å². The largest absolute Gasteiger partial charge is 0.333 e. The zero-order chi connectivity index (χ0) is 25.3. The minimum Gasteiger partial charge on any atom is -0.333 e. The molecule has 0 radical (unpaired) electrons. The molecule has 2 aromatic rings. The van der Waals surface area contributed by atoms with Crippen molar-refractivity contribution in [2.75, 3.05) is 18.4 Å². The first-order chi connectivity index (χ1) is 16.1. The molecule has 1 aromatic heterocycles. The Labute approximate surface area is 206 Å². The summed E-state index contributed by atoms with van der Waals surface area (Å²) in [4.78, 5) is 28.2. The quantitative estimate of drug-likeness (QED) is 0.400. The number of hydrogen-bond acceptors (Lipinski definition) is 3. The van der Waals surface area contributed by atoms with Gasteiger partial charge in [-0.2, -0.15) is 5.10 Å². The van der Waals surface area contributed by atoms with Crippen LogP contribution >= 0.6 is 0 Å². The van der Waals surface area contributed by atoms with E-state index in [-0.39, 0.29) is 29.7 Å². The van der Waals surface area contributed by atoms with E-state index in [9.17, 15) is 9.59 Å². The fourth-order valence-corrected chi connectivity index (χ4v) is 3.90. The van der Waals surface area contributed by atoms with Crippen LogP contribution in [-0.2, 0) is 15.0 Å². The second kappa shape index (κ2) is 12.7. The molecule has 2 amide bonds. The fourth-order valence-electron chi connectivity index (χ4n) is 3.90. The summed E-state index contributed by atoms with van der Waals surface area (Å²) in [6.07, 6.45) is 5.65. The van der Waals surface area contributed by atoms with Gasteiger partial charge in [-0.3, -0.25) is 9.59 Å².